The minimum atomic E-state index is -3.89. The normalized spacial score (nSPS) is 12.1. The topological polar surface area (TPSA) is 147 Å². The van der Waals surface area contributed by atoms with Crippen LogP contribution in [-0.2, 0) is 19.6 Å². The van der Waals surface area contributed by atoms with Crippen molar-refractivity contribution < 1.29 is 22.8 Å². The molecule has 0 aliphatic rings. The minimum Gasteiger partial charge on any atom is -0.325 e. The van der Waals surface area contributed by atoms with Gasteiger partial charge in [0, 0.05) is 21.8 Å². The van der Waals surface area contributed by atoms with Gasteiger partial charge in [-0.15, -0.1) is 11.8 Å². The first-order valence-corrected chi connectivity index (χ1v) is 17.7. The molecule has 9 nitrogen and oxygen atoms in total. The molecule has 0 heterocycles. The predicted octanol–water partition coefficient (Wildman–Crippen LogP) is 7.52. The Morgan fingerprint density at radius 1 is 0.735 bits per heavy atom. The first-order valence-electron chi connectivity index (χ1n) is 14.6. The molecule has 13 heteroatoms. The minimum absolute atomic E-state index is 0.0772. The van der Waals surface area contributed by atoms with Gasteiger partial charge in [0.25, 0.3) is 11.8 Å². The highest BCUT2D eigenvalue weighted by atomic mass is 35.5. The first-order chi connectivity index (χ1) is 23.5. The number of carbonyl (C=O) groups excluding carboxylic acids is 3. The van der Waals surface area contributed by atoms with E-state index in [0.717, 1.165) is 0 Å². The highest BCUT2D eigenvalue weighted by Crippen LogP contribution is 2.37. The molecule has 5 aromatic rings. The Morgan fingerprint density at radius 2 is 1.39 bits per heavy atom. The molecule has 1 unspecified atom stereocenters. The molecular formula is C36H28Cl2N4O5S2. The predicted molar refractivity (Wildman–Crippen MR) is 195 cm³/mol. The second kappa shape index (κ2) is 16.0. The van der Waals surface area contributed by atoms with E-state index in [1.807, 2.05) is 30.3 Å². The van der Waals surface area contributed by atoms with E-state index in [0.29, 0.717) is 33.0 Å². The molecule has 0 spiro atoms. The Balaban J connectivity index is 1.38. The molecule has 0 saturated heterocycles. The molecule has 0 bridgehead atoms. The van der Waals surface area contributed by atoms with E-state index in [-0.39, 0.29) is 26.5 Å². The van der Waals surface area contributed by atoms with Crippen LogP contribution in [0.5, 0.6) is 0 Å². The molecule has 5 N–H and O–H groups in total. The standard InChI is InChI=1S/C36H28Cl2N4O5S2/c37-30-16-7-13-25(32(30)38)21-31(42-34(43)24-11-5-2-6-12-24)35(44)41-27-14-8-15-28(22-27)48-33(23-9-3-1-4-10-23)36(45)40-26-17-19-29(20-18-26)49(39,46)47/h1-22,33H,(H,40,45)(H,41,44)(H,42,43)(H2,39,46,47)/b31-21+. The second-order valence-electron chi connectivity index (χ2n) is 10.5. The number of hydrogen-bond donors (Lipinski definition) is 4. The number of anilines is 2. The van der Waals surface area contributed by atoms with Crippen molar-refractivity contribution in [3.63, 3.8) is 0 Å². The summed E-state index contributed by atoms with van der Waals surface area (Å²) in [4.78, 5) is 40.9. The number of primary sulfonamides is 1. The van der Waals surface area contributed by atoms with Crippen LogP contribution in [0, 0.1) is 0 Å². The molecule has 0 radical (unpaired) electrons. The van der Waals surface area contributed by atoms with Gasteiger partial charge in [0.1, 0.15) is 10.9 Å². The fourth-order valence-electron chi connectivity index (χ4n) is 4.55. The zero-order valence-electron chi connectivity index (χ0n) is 25.5. The molecule has 1 atom stereocenters. The van der Waals surface area contributed by atoms with Gasteiger partial charge in [-0.25, -0.2) is 13.6 Å². The van der Waals surface area contributed by atoms with E-state index in [1.54, 1.807) is 72.8 Å². The monoisotopic (exact) mass is 730 g/mol. The maximum Gasteiger partial charge on any atom is 0.272 e. The van der Waals surface area contributed by atoms with E-state index in [9.17, 15) is 22.8 Å². The molecule has 248 valence electrons. The SMILES string of the molecule is NS(=O)(=O)c1ccc(NC(=O)C(Sc2cccc(NC(=O)/C(=C\c3cccc(Cl)c3Cl)NC(=O)c3ccccc3)c2)c2ccccc2)cc1. The van der Waals surface area contributed by atoms with Crippen molar-refractivity contribution in [1.29, 1.82) is 0 Å². The van der Waals surface area contributed by atoms with Gasteiger partial charge >= 0.3 is 0 Å². The van der Waals surface area contributed by atoms with Crippen LogP contribution in [0.1, 0.15) is 26.7 Å². The van der Waals surface area contributed by atoms with E-state index >= 15 is 0 Å². The third-order valence-corrected chi connectivity index (χ3v) is 9.96. The van der Waals surface area contributed by atoms with Crippen molar-refractivity contribution in [2.75, 3.05) is 10.6 Å². The van der Waals surface area contributed by atoms with Gasteiger partial charge in [0.15, 0.2) is 0 Å². The average Bonchev–Trinajstić information content (AvgIpc) is 3.09. The lowest BCUT2D eigenvalue weighted by Crippen LogP contribution is -2.30. The van der Waals surface area contributed by atoms with E-state index in [2.05, 4.69) is 16.0 Å². The summed E-state index contributed by atoms with van der Waals surface area (Å²) in [6, 6.07) is 34.9. The number of hydrogen-bond acceptors (Lipinski definition) is 6. The summed E-state index contributed by atoms with van der Waals surface area (Å²) in [5.74, 6) is -1.48. The molecule has 5 aromatic carbocycles. The average molecular weight is 732 g/mol. The zero-order chi connectivity index (χ0) is 35.0. The van der Waals surface area contributed by atoms with Crippen LogP contribution in [0.3, 0.4) is 0 Å². The van der Waals surface area contributed by atoms with Gasteiger partial charge in [-0.1, -0.05) is 89.9 Å². The van der Waals surface area contributed by atoms with Crippen molar-refractivity contribution in [1.82, 2.24) is 5.32 Å². The van der Waals surface area contributed by atoms with Crippen LogP contribution in [-0.4, -0.2) is 26.1 Å². The Labute approximate surface area is 297 Å². The summed E-state index contributed by atoms with van der Waals surface area (Å²) in [7, 11) is -3.89. The first kappa shape index (κ1) is 35.4. The molecule has 49 heavy (non-hydrogen) atoms. The van der Waals surface area contributed by atoms with Crippen LogP contribution in [0.2, 0.25) is 10.0 Å². The van der Waals surface area contributed by atoms with Crippen molar-refractivity contribution in [2.45, 2.75) is 15.0 Å². The number of carbonyl (C=O) groups is 3. The lowest BCUT2D eigenvalue weighted by molar-refractivity contribution is -0.116. The van der Waals surface area contributed by atoms with Crippen molar-refractivity contribution in [3.8, 4) is 0 Å². The highest BCUT2D eigenvalue weighted by molar-refractivity contribution is 8.00. The number of thioether (sulfide) groups is 1. The summed E-state index contributed by atoms with van der Waals surface area (Å²) in [5.41, 5.74) is 2.20. The molecule has 5 rings (SSSR count). The zero-order valence-corrected chi connectivity index (χ0v) is 28.6. The largest absolute Gasteiger partial charge is 0.325 e. The number of rotatable bonds is 11. The van der Waals surface area contributed by atoms with Gasteiger partial charge in [0.2, 0.25) is 15.9 Å². The Kier molecular flexibility index (Phi) is 11.6. The quantitative estimate of drug-likeness (QED) is 0.0817. The van der Waals surface area contributed by atoms with Crippen LogP contribution in [0.25, 0.3) is 6.08 Å². The van der Waals surface area contributed by atoms with Crippen molar-refractivity contribution in [2.24, 2.45) is 5.14 Å². The number of nitrogens with two attached hydrogens (primary N) is 1. The van der Waals surface area contributed by atoms with Crippen LogP contribution >= 0.6 is 35.0 Å². The van der Waals surface area contributed by atoms with Crippen molar-refractivity contribution in [3.05, 3.63) is 160 Å². The van der Waals surface area contributed by atoms with Gasteiger partial charge in [0.05, 0.1) is 14.9 Å². The number of nitrogens with one attached hydrogen (secondary N) is 3. The lowest BCUT2D eigenvalue weighted by atomic mass is 10.1. The Hall–Kier alpha value is -4.91. The van der Waals surface area contributed by atoms with E-state index in [4.69, 9.17) is 28.3 Å². The third kappa shape index (κ3) is 9.59. The number of amides is 3. The summed E-state index contributed by atoms with van der Waals surface area (Å²) >= 11 is 13.8. The molecule has 0 aliphatic heterocycles. The molecule has 0 aliphatic carbocycles. The molecule has 0 fully saturated rings. The fraction of sp³-hybridized carbons (Fsp3) is 0.0278. The van der Waals surface area contributed by atoms with Gasteiger partial charge in [-0.05, 0) is 77.9 Å². The van der Waals surface area contributed by atoms with E-state index < -0.39 is 27.1 Å². The summed E-state index contributed by atoms with van der Waals surface area (Å²) < 4.78 is 23.3. The lowest BCUT2D eigenvalue weighted by Gasteiger charge is -2.18. The maximum atomic E-state index is 13.6. The summed E-state index contributed by atoms with van der Waals surface area (Å²) in [5, 5.41) is 13.3. The van der Waals surface area contributed by atoms with Crippen molar-refractivity contribution >= 4 is 80.2 Å². The Morgan fingerprint density at radius 3 is 2.06 bits per heavy atom. The highest BCUT2D eigenvalue weighted by Gasteiger charge is 2.23. The second-order valence-corrected chi connectivity index (χ2v) is 14.0. The smallest absolute Gasteiger partial charge is 0.272 e. The fourth-order valence-corrected chi connectivity index (χ4v) is 6.51. The van der Waals surface area contributed by atoms with E-state index in [1.165, 1.54) is 42.1 Å². The summed E-state index contributed by atoms with van der Waals surface area (Å²) in [6.07, 6.45) is 1.44. The van der Waals surface area contributed by atoms with Gasteiger partial charge in [-0.3, -0.25) is 14.4 Å². The van der Waals surface area contributed by atoms with Crippen LogP contribution < -0.4 is 21.1 Å². The third-order valence-electron chi connectivity index (χ3n) is 6.95. The number of benzene rings is 5. The van der Waals surface area contributed by atoms with Gasteiger partial charge in [-0.2, -0.15) is 0 Å². The maximum absolute atomic E-state index is 13.6. The summed E-state index contributed by atoms with van der Waals surface area (Å²) in [6.45, 7) is 0. The molecule has 3 amide bonds. The van der Waals surface area contributed by atoms with Gasteiger partial charge < -0.3 is 16.0 Å². The Bertz CT molecular complexity index is 2130. The molecular weight excluding hydrogens is 703 g/mol. The van der Waals surface area contributed by atoms with Crippen LogP contribution in [0.4, 0.5) is 11.4 Å². The number of sulfonamides is 1. The number of halogens is 2. The molecule has 0 aromatic heterocycles. The van der Waals surface area contributed by atoms with Crippen LogP contribution in [0.15, 0.2) is 143 Å². The molecule has 0 saturated carbocycles.